The fraction of sp³-hybridized carbons (Fsp3) is 0.688. The predicted molar refractivity (Wildman–Crippen MR) is 95.9 cm³/mol. The molecule has 5 unspecified atom stereocenters. The van der Waals surface area contributed by atoms with Crippen molar-refractivity contribution < 1.29 is 39.3 Å². The van der Waals surface area contributed by atoms with E-state index in [0.717, 1.165) is 0 Å². The Bertz CT molecular complexity index is 595. The van der Waals surface area contributed by atoms with Crippen molar-refractivity contribution in [2.75, 3.05) is 6.54 Å². The minimum absolute atomic E-state index is 0.349. The third-order valence-electron chi connectivity index (χ3n) is 4.05. The SMILES string of the molecule is CCC(C)C(NC(=O)CNC(=O)C(CC(=O)O)NC(=O)C(N)C(C)O)C(=O)O. The van der Waals surface area contributed by atoms with Crippen molar-refractivity contribution in [1.29, 1.82) is 0 Å². The first kappa shape index (κ1) is 25.3. The van der Waals surface area contributed by atoms with E-state index in [4.69, 9.17) is 15.9 Å². The lowest BCUT2D eigenvalue weighted by Crippen LogP contribution is -2.56. The van der Waals surface area contributed by atoms with Crippen molar-refractivity contribution in [2.45, 2.75) is 57.8 Å². The van der Waals surface area contributed by atoms with E-state index in [2.05, 4.69) is 16.0 Å². The number of nitrogens with one attached hydrogen (secondary N) is 3. The Labute approximate surface area is 161 Å². The van der Waals surface area contributed by atoms with Crippen LogP contribution in [0.1, 0.15) is 33.6 Å². The average molecular weight is 404 g/mol. The minimum atomic E-state index is -1.53. The number of rotatable bonds is 12. The maximum absolute atomic E-state index is 12.1. The molecule has 28 heavy (non-hydrogen) atoms. The van der Waals surface area contributed by atoms with Gasteiger partial charge in [-0.3, -0.25) is 19.2 Å². The predicted octanol–water partition coefficient (Wildman–Crippen LogP) is -2.61. The van der Waals surface area contributed by atoms with Gasteiger partial charge in [-0.05, 0) is 12.8 Å². The Kier molecular flexibility index (Phi) is 10.7. The summed E-state index contributed by atoms with van der Waals surface area (Å²) in [5, 5.41) is 33.8. The standard InChI is InChI=1S/C16H28N4O8/c1-4-7(2)13(16(27)28)20-10(22)6-18-14(25)9(5-11(23)24)19-15(26)12(17)8(3)21/h7-9,12-13,21H,4-6,17H2,1-3H3,(H,18,25)(H,19,26)(H,20,22)(H,23,24)(H,27,28). The zero-order chi connectivity index (χ0) is 22.0. The molecule has 0 saturated carbocycles. The number of aliphatic carboxylic acids is 2. The van der Waals surface area contributed by atoms with Crippen LogP contribution in [-0.2, 0) is 24.0 Å². The minimum Gasteiger partial charge on any atom is -0.481 e. The fourth-order valence-electron chi connectivity index (χ4n) is 2.07. The summed E-state index contributed by atoms with van der Waals surface area (Å²) in [5.41, 5.74) is 5.43. The van der Waals surface area contributed by atoms with Crippen molar-refractivity contribution in [3.05, 3.63) is 0 Å². The van der Waals surface area contributed by atoms with Crippen molar-refractivity contribution in [3.8, 4) is 0 Å². The van der Waals surface area contributed by atoms with Crippen LogP contribution in [0.3, 0.4) is 0 Å². The van der Waals surface area contributed by atoms with Crippen molar-refractivity contribution in [3.63, 3.8) is 0 Å². The Morgan fingerprint density at radius 3 is 2.00 bits per heavy atom. The van der Waals surface area contributed by atoms with Crippen molar-refractivity contribution >= 4 is 29.7 Å². The highest BCUT2D eigenvalue weighted by molar-refractivity contribution is 5.94. The van der Waals surface area contributed by atoms with Gasteiger partial charge in [0, 0.05) is 0 Å². The van der Waals surface area contributed by atoms with Crippen LogP contribution < -0.4 is 21.7 Å². The number of aliphatic hydroxyl groups is 1. The van der Waals surface area contributed by atoms with Crippen molar-refractivity contribution in [1.82, 2.24) is 16.0 Å². The molecule has 0 aliphatic rings. The Morgan fingerprint density at radius 2 is 1.57 bits per heavy atom. The third kappa shape index (κ3) is 8.77. The van der Waals surface area contributed by atoms with E-state index >= 15 is 0 Å². The molecule has 0 spiro atoms. The second-order valence-corrected chi connectivity index (χ2v) is 6.41. The van der Waals surface area contributed by atoms with Crippen LogP contribution in [-0.4, -0.2) is 75.8 Å². The maximum Gasteiger partial charge on any atom is 0.326 e. The molecule has 0 heterocycles. The number of hydrogen-bond acceptors (Lipinski definition) is 7. The zero-order valence-corrected chi connectivity index (χ0v) is 16.0. The summed E-state index contributed by atoms with van der Waals surface area (Å²) < 4.78 is 0. The van der Waals surface area contributed by atoms with Crippen LogP contribution in [0, 0.1) is 5.92 Å². The van der Waals surface area contributed by atoms with E-state index < -0.39 is 66.9 Å². The molecular weight excluding hydrogens is 376 g/mol. The van der Waals surface area contributed by atoms with Gasteiger partial charge in [0.1, 0.15) is 18.1 Å². The van der Waals surface area contributed by atoms with Gasteiger partial charge in [-0.2, -0.15) is 0 Å². The molecule has 5 atom stereocenters. The largest absolute Gasteiger partial charge is 0.481 e. The summed E-state index contributed by atoms with van der Waals surface area (Å²) in [6, 6.07) is -4.06. The molecule has 0 bridgehead atoms. The molecule has 0 aromatic carbocycles. The second kappa shape index (κ2) is 11.9. The Morgan fingerprint density at radius 1 is 1.00 bits per heavy atom. The molecule has 0 aliphatic heterocycles. The molecule has 12 nitrogen and oxygen atoms in total. The summed E-state index contributed by atoms with van der Waals surface area (Å²) in [7, 11) is 0. The van der Waals surface area contributed by atoms with Crippen LogP contribution in [0.4, 0.5) is 0 Å². The molecular formula is C16H28N4O8. The number of carbonyl (C=O) groups excluding carboxylic acids is 3. The first-order chi connectivity index (χ1) is 12.9. The highest BCUT2D eigenvalue weighted by atomic mass is 16.4. The average Bonchev–Trinajstić information content (AvgIpc) is 2.61. The quantitative estimate of drug-likeness (QED) is 0.181. The van der Waals surface area contributed by atoms with Crippen LogP contribution >= 0.6 is 0 Å². The van der Waals surface area contributed by atoms with Gasteiger partial charge in [0.25, 0.3) is 0 Å². The molecule has 3 amide bonds. The normalized spacial score (nSPS) is 16.0. The van der Waals surface area contributed by atoms with E-state index in [0.29, 0.717) is 6.42 Å². The Balaban J connectivity index is 4.90. The number of hydrogen-bond donors (Lipinski definition) is 7. The van der Waals surface area contributed by atoms with Gasteiger partial charge in [-0.25, -0.2) is 4.79 Å². The van der Waals surface area contributed by atoms with E-state index in [1.807, 2.05) is 0 Å². The van der Waals surface area contributed by atoms with Gasteiger partial charge < -0.3 is 37.0 Å². The molecule has 12 heteroatoms. The number of carbonyl (C=O) groups is 5. The number of carboxylic acids is 2. The first-order valence-corrected chi connectivity index (χ1v) is 8.66. The van der Waals surface area contributed by atoms with Crippen LogP contribution in [0.25, 0.3) is 0 Å². The van der Waals surface area contributed by atoms with Gasteiger partial charge in [0.2, 0.25) is 17.7 Å². The molecule has 0 saturated heterocycles. The van der Waals surface area contributed by atoms with Gasteiger partial charge >= 0.3 is 11.9 Å². The zero-order valence-electron chi connectivity index (χ0n) is 16.0. The second-order valence-electron chi connectivity index (χ2n) is 6.41. The van der Waals surface area contributed by atoms with Crippen LogP contribution in [0.15, 0.2) is 0 Å². The van der Waals surface area contributed by atoms with Gasteiger partial charge in [-0.1, -0.05) is 20.3 Å². The molecule has 8 N–H and O–H groups in total. The van der Waals surface area contributed by atoms with Crippen molar-refractivity contribution in [2.24, 2.45) is 11.7 Å². The Hall–Kier alpha value is -2.73. The summed E-state index contributed by atoms with van der Waals surface area (Å²) in [6.45, 7) is 4.03. The lowest BCUT2D eigenvalue weighted by molar-refractivity contribution is -0.143. The number of carboxylic acid groups (broad SMARTS) is 2. The molecule has 0 aliphatic carbocycles. The van der Waals surface area contributed by atoms with Gasteiger partial charge in [0.15, 0.2) is 0 Å². The summed E-state index contributed by atoms with van der Waals surface area (Å²) in [4.78, 5) is 58.0. The van der Waals surface area contributed by atoms with Gasteiger partial charge in [0.05, 0.1) is 19.1 Å². The lowest BCUT2D eigenvalue weighted by atomic mass is 9.99. The number of amides is 3. The molecule has 0 aromatic heterocycles. The third-order valence-corrected chi connectivity index (χ3v) is 4.05. The first-order valence-electron chi connectivity index (χ1n) is 8.66. The van der Waals surface area contributed by atoms with E-state index in [1.165, 1.54) is 6.92 Å². The highest BCUT2D eigenvalue weighted by Crippen LogP contribution is 2.07. The monoisotopic (exact) mass is 404 g/mol. The molecule has 0 rings (SSSR count). The van der Waals surface area contributed by atoms with E-state index in [9.17, 15) is 29.1 Å². The summed E-state index contributed by atoms with van der Waals surface area (Å²) >= 11 is 0. The summed E-state index contributed by atoms with van der Waals surface area (Å²) in [6.07, 6.45) is -1.51. The van der Waals surface area contributed by atoms with E-state index in [1.54, 1.807) is 13.8 Å². The molecule has 160 valence electrons. The number of aliphatic hydroxyl groups excluding tert-OH is 1. The number of nitrogens with two attached hydrogens (primary N) is 1. The maximum atomic E-state index is 12.1. The molecule has 0 fully saturated rings. The highest BCUT2D eigenvalue weighted by Gasteiger charge is 2.29. The molecule has 0 aromatic rings. The van der Waals surface area contributed by atoms with Crippen LogP contribution in [0.2, 0.25) is 0 Å². The fourth-order valence-corrected chi connectivity index (χ4v) is 2.07. The topological polar surface area (TPSA) is 208 Å². The smallest absolute Gasteiger partial charge is 0.326 e. The van der Waals surface area contributed by atoms with Gasteiger partial charge in [-0.15, -0.1) is 0 Å². The van der Waals surface area contributed by atoms with Crippen LogP contribution in [0.5, 0.6) is 0 Å². The van der Waals surface area contributed by atoms with E-state index in [-0.39, 0.29) is 5.92 Å². The lowest BCUT2D eigenvalue weighted by Gasteiger charge is -2.22. The summed E-state index contributed by atoms with van der Waals surface area (Å²) in [5.74, 6) is -5.67. The molecule has 0 radical (unpaired) electrons.